The Morgan fingerprint density at radius 1 is 1.00 bits per heavy atom. The number of hydrogen-bond acceptors (Lipinski definition) is 6. The molecule has 0 saturated carbocycles. The maximum Gasteiger partial charge on any atom is 0.305 e. The molecule has 30 heavy (non-hydrogen) atoms. The lowest BCUT2D eigenvalue weighted by atomic mass is 10.1. The second-order valence-electron chi connectivity index (χ2n) is 6.62. The molecule has 3 aromatic rings. The van der Waals surface area contributed by atoms with Gasteiger partial charge < -0.3 is 9.15 Å². The molecule has 0 radical (unpaired) electrons. The van der Waals surface area contributed by atoms with Gasteiger partial charge in [-0.15, -0.1) is 0 Å². The van der Waals surface area contributed by atoms with Crippen LogP contribution in [0.3, 0.4) is 0 Å². The van der Waals surface area contributed by atoms with Crippen molar-refractivity contribution in [2.45, 2.75) is 18.1 Å². The standard InChI is InChI=1S/C20H21N3O6S/c1-13(28-16-9-8-14-6-4-5-7-15(14)12-16)19(24)21-22-20(25)17-10-11-18(29-17)30(26,27)23(2)3/h4-13H,1-3H3,(H,21,24)(H,22,25)/t13-/m0/s1. The quantitative estimate of drug-likeness (QED) is 0.576. The largest absolute Gasteiger partial charge is 0.481 e. The number of benzene rings is 2. The molecule has 2 N–H and O–H groups in total. The van der Waals surface area contributed by atoms with Crippen LogP contribution < -0.4 is 15.6 Å². The van der Waals surface area contributed by atoms with Crippen LogP contribution in [-0.4, -0.2) is 44.7 Å². The van der Waals surface area contributed by atoms with Crippen LogP contribution in [0.4, 0.5) is 0 Å². The van der Waals surface area contributed by atoms with Crippen LogP contribution in [0.2, 0.25) is 0 Å². The summed E-state index contributed by atoms with van der Waals surface area (Å²) >= 11 is 0. The molecule has 0 spiro atoms. The van der Waals surface area contributed by atoms with Crippen LogP contribution >= 0.6 is 0 Å². The highest BCUT2D eigenvalue weighted by Crippen LogP contribution is 2.21. The first kappa shape index (κ1) is 21.3. The summed E-state index contributed by atoms with van der Waals surface area (Å²) in [5.74, 6) is -1.16. The Morgan fingerprint density at radius 3 is 2.40 bits per heavy atom. The second kappa shape index (κ2) is 8.56. The lowest BCUT2D eigenvalue weighted by Crippen LogP contribution is -2.47. The van der Waals surface area contributed by atoms with Crippen molar-refractivity contribution in [2.75, 3.05) is 14.1 Å². The van der Waals surface area contributed by atoms with Crippen molar-refractivity contribution in [3.05, 3.63) is 60.4 Å². The minimum absolute atomic E-state index is 0.265. The Labute approximate surface area is 173 Å². The molecule has 0 aliphatic heterocycles. The molecule has 1 atom stereocenters. The predicted molar refractivity (Wildman–Crippen MR) is 109 cm³/mol. The molecular weight excluding hydrogens is 410 g/mol. The van der Waals surface area contributed by atoms with Crippen molar-refractivity contribution in [1.29, 1.82) is 0 Å². The number of nitrogens with zero attached hydrogens (tertiary/aromatic N) is 1. The van der Waals surface area contributed by atoms with Crippen LogP contribution in [0, 0.1) is 0 Å². The van der Waals surface area contributed by atoms with Crippen molar-refractivity contribution >= 4 is 32.6 Å². The molecule has 0 aliphatic carbocycles. The highest BCUT2D eigenvalue weighted by atomic mass is 32.2. The molecule has 9 nitrogen and oxygen atoms in total. The molecule has 10 heteroatoms. The van der Waals surface area contributed by atoms with Gasteiger partial charge in [0.2, 0.25) is 5.09 Å². The maximum atomic E-state index is 12.2. The van der Waals surface area contributed by atoms with Gasteiger partial charge in [0.05, 0.1) is 0 Å². The molecular formula is C20H21N3O6S. The van der Waals surface area contributed by atoms with E-state index in [-0.39, 0.29) is 10.9 Å². The van der Waals surface area contributed by atoms with Crippen LogP contribution in [0.25, 0.3) is 10.8 Å². The summed E-state index contributed by atoms with van der Waals surface area (Å²) < 4.78 is 35.6. The summed E-state index contributed by atoms with van der Waals surface area (Å²) in [6, 6.07) is 15.5. The van der Waals surface area contributed by atoms with Gasteiger partial charge in [0.25, 0.3) is 15.9 Å². The highest BCUT2D eigenvalue weighted by molar-refractivity contribution is 7.88. The molecule has 0 unspecified atom stereocenters. The molecule has 0 fully saturated rings. The van der Waals surface area contributed by atoms with Crippen LogP contribution in [0.5, 0.6) is 5.75 Å². The third-order valence-electron chi connectivity index (χ3n) is 4.24. The zero-order valence-electron chi connectivity index (χ0n) is 16.6. The zero-order valence-corrected chi connectivity index (χ0v) is 17.4. The van der Waals surface area contributed by atoms with Gasteiger partial charge in [-0.05, 0) is 42.0 Å². The predicted octanol–water partition coefficient (Wildman–Crippen LogP) is 1.91. The Bertz CT molecular complexity index is 1190. The lowest BCUT2D eigenvalue weighted by molar-refractivity contribution is -0.128. The summed E-state index contributed by atoms with van der Waals surface area (Å²) in [5.41, 5.74) is 4.39. The van der Waals surface area contributed by atoms with Crippen molar-refractivity contribution in [2.24, 2.45) is 0 Å². The van der Waals surface area contributed by atoms with Gasteiger partial charge in [0, 0.05) is 14.1 Å². The molecule has 0 saturated heterocycles. The van der Waals surface area contributed by atoms with Gasteiger partial charge in [-0.25, -0.2) is 12.7 Å². The Balaban J connectivity index is 1.58. The Kier molecular flexibility index (Phi) is 6.09. The summed E-state index contributed by atoms with van der Waals surface area (Å²) in [6.07, 6.45) is -0.896. The number of rotatable bonds is 6. The average Bonchev–Trinajstić information content (AvgIpc) is 3.22. The average molecular weight is 431 g/mol. The van der Waals surface area contributed by atoms with Crippen LogP contribution in [-0.2, 0) is 14.8 Å². The molecule has 3 rings (SSSR count). The number of ether oxygens (including phenoxy) is 1. The van der Waals surface area contributed by atoms with E-state index in [9.17, 15) is 18.0 Å². The van der Waals surface area contributed by atoms with E-state index < -0.39 is 27.9 Å². The van der Waals surface area contributed by atoms with E-state index >= 15 is 0 Å². The van der Waals surface area contributed by atoms with Crippen molar-refractivity contribution in [1.82, 2.24) is 15.2 Å². The zero-order chi connectivity index (χ0) is 21.9. The van der Waals surface area contributed by atoms with E-state index in [0.29, 0.717) is 5.75 Å². The number of sulfonamides is 1. The molecule has 1 heterocycles. The van der Waals surface area contributed by atoms with E-state index in [1.807, 2.05) is 36.4 Å². The normalized spacial score (nSPS) is 12.5. The summed E-state index contributed by atoms with van der Waals surface area (Å²) in [5, 5.41) is 1.64. The fraction of sp³-hybridized carbons (Fsp3) is 0.200. The molecule has 158 valence electrons. The van der Waals surface area contributed by atoms with E-state index in [2.05, 4.69) is 10.9 Å². The number of hydrogen-bond donors (Lipinski definition) is 2. The third-order valence-corrected chi connectivity index (χ3v) is 5.93. The Hall–Kier alpha value is -3.37. The van der Waals surface area contributed by atoms with Gasteiger partial charge in [0.15, 0.2) is 11.9 Å². The van der Waals surface area contributed by atoms with E-state index in [0.717, 1.165) is 21.1 Å². The summed E-state index contributed by atoms with van der Waals surface area (Å²) in [7, 11) is -1.12. The Morgan fingerprint density at radius 2 is 1.70 bits per heavy atom. The second-order valence-corrected chi connectivity index (χ2v) is 8.70. The first-order chi connectivity index (χ1) is 14.2. The number of carbonyl (C=O) groups excluding carboxylic acids is 2. The first-order valence-corrected chi connectivity index (χ1v) is 10.4. The summed E-state index contributed by atoms with van der Waals surface area (Å²) in [4.78, 5) is 24.3. The first-order valence-electron chi connectivity index (χ1n) is 8.96. The maximum absolute atomic E-state index is 12.2. The minimum Gasteiger partial charge on any atom is -0.481 e. The molecule has 2 amide bonds. The van der Waals surface area contributed by atoms with E-state index in [1.165, 1.54) is 27.1 Å². The fourth-order valence-electron chi connectivity index (χ4n) is 2.54. The molecule has 2 aromatic carbocycles. The number of hydrazine groups is 1. The van der Waals surface area contributed by atoms with Gasteiger partial charge in [0.1, 0.15) is 5.75 Å². The minimum atomic E-state index is -3.81. The number of carbonyl (C=O) groups is 2. The highest BCUT2D eigenvalue weighted by Gasteiger charge is 2.24. The number of nitrogens with one attached hydrogen (secondary N) is 2. The topological polar surface area (TPSA) is 118 Å². The third kappa shape index (κ3) is 4.61. The monoisotopic (exact) mass is 431 g/mol. The summed E-state index contributed by atoms with van der Waals surface area (Å²) in [6.45, 7) is 1.53. The van der Waals surface area contributed by atoms with Crippen LogP contribution in [0.15, 0.2) is 64.1 Å². The van der Waals surface area contributed by atoms with Gasteiger partial charge >= 0.3 is 5.91 Å². The van der Waals surface area contributed by atoms with Crippen LogP contribution in [0.1, 0.15) is 17.5 Å². The molecule has 0 aliphatic rings. The lowest BCUT2D eigenvalue weighted by Gasteiger charge is -2.15. The number of furan rings is 1. The number of fused-ring (bicyclic) bond motifs is 1. The van der Waals surface area contributed by atoms with Gasteiger partial charge in [-0.1, -0.05) is 30.3 Å². The van der Waals surface area contributed by atoms with Crippen molar-refractivity contribution in [3.63, 3.8) is 0 Å². The van der Waals surface area contributed by atoms with Gasteiger partial charge in [-0.2, -0.15) is 0 Å². The van der Waals surface area contributed by atoms with Gasteiger partial charge in [-0.3, -0.25) is 20.4 Å². The van der Waals surface area contributed by atoms with Crippen molar-refractivity contribution < 1.29 is 27.2 Å². The SMILES string of the molecule is C[C@H](Oc1ccc2ccccc2c1)C(=O)NNC(=O)c1ccc(S(=O)(=O)N(C)C)o1. The van der Waals surface area contributed by atoms with Crippen molar-refractivity contribution in [3.8, 4) is 5.75 Å². The number of amides is 2. The van der Waals surface area contributed by atoms with E-state index in [4.69, 9.17) is 9.15 Å². The van der Waals surface area contributed by atoms with E-state index in [1.54, 1.807) is 6.07 Å². The fourth-order valence-corrected chi connectivity index (χ4v) is 3.34. The molecule has 0 bridgehead atoms. The smallest absolute Gasteiger partial charge is 0.305 e. The molecule has 1 aromatic heterocycles.